The zero-order valence-electron chi connectivity index (χ0n) is 10.8. The molecule has 1 aliphatic rings. The lowest BCUT2D eigenvalue weighted by Crippen LogP contribution is -2.29. The number of rotatable bonds is 5. The lowest BCUT2D eigenvalue weighted by atomic mass is 10.1. The Morgan fingerprint density at radius 2 is 2.06 bits per heavy atom. The second-order valence-corrected chi connectivity index (χ2v) is 4.65. The van der Waals surface area contributed by atoms with E-state index in [1.807, 2.05) is 0 Å². The minimum atomic E-state index is 0.140. The summed E-state index contributed by atoms with van der Waals surface area (Å²) >= 11 is 0. The molecule has 0 aliphatic carbocycles. The van der Waals surface area contributed by atoms with Crippen LogP contribution < -0.4 is 10.2 Å². The molecule has 1 aromatic heterocycles. The van der Waals surface area contributed by atoms with E-state index in [-0.39, 0.29) is 6.04 Å². The molecular weight excluding hydrogens is 216 g/mol. The maximum atomic E-state index is 5.72. The third-order valence-electron chi connectivity index (χ3n) is 3.13. The van der Waals surface area contributed by atoms with Crippen molar-refractivity contribution in [3.63, 3.8) is 0 Å². The molecule has 1 unspecified atom stereocenters. The summed E-state index contributed by atoms with van der Waals surface area (Å²) in [6.07, 6.45) is 4.87. The van der Waals surface area contributed by atoms with E-state index in [2.05, 4.69) is 34.3 Å². The molecule has 1 aromatic rings. The molecule has 96 valence electrons. The lowest BCUT2D eigenvalue weighted by molar-refractivity contribution is 0.407. The Bertz CT molecular complexity index is 333. The molecule has 0 radical (unpaired) electrons. The number of nitrogens with zero attached hydrogens (tertiary/aromatic N) is 3. The first kappa shape index (κ1) is 12.4. The molecule has 0 bridgehead atoms. The van der Waals surface area contributed by atoms with Gasteiger partial charge in [0.15, 0.2) is 0 Å². The van der Waals surface area contributed by atoms with Crippen LogP contribution >= 0.6 is 0 Å². The number of aromatic nitrogens is 2. The predicted octanol–water partition coefficient (Wildman–Crippen LogP) is 2.12. The number of piperidine rings is 1. The van der Waals surface area contributed by atoms with Gasteiger partial charge < -0.3 is 14.6 Å². The minimum Gasteiger partial charge on any atom is -0.406 e. The van der Waals surface area contributed by atoms with Gasteiger partial charge in [-0.3, -0.25) is 0 Å². The topological polar surface area (TPSA) is 54.2 Å². The molecule has 0 saturated carbocycles. The quantitative estimate of drug-likeness (QED) is 0.851. The average molecular weight is 238 g/mol. The molecule has 0 amide bonds. The van der Waals surface area contributed by atoms with Gasteiger partial charge in [0, 0.05) is 13.1 Å². The van der Waals surface area contributed by atoms with Crippen LogP contribution in [0.3, 0.4) is 0 Å². The van der Waals surface area contributed by atoms with Crippen LogP contribution in [0.15, 0.2) is 4.42 Å². The van der Waals surface area contributed by atoms with Crippen LogP contribution in [-0.4, -0.2) is 29.8 Å². The summed E-state index contributed by atoms with van der Waals surface area (Å²) in [5.74, 6) is 0.694. The fraction of sp³-hybridized carbons (Fsp3) is 0.833. The van der Waals surface area contributed by atoms with E-state index in [0.717, 1.165) is 26.1 Å². The van der Waals surface area contributed by atoms with Crippen molar-refractivity contribution < 1.29 is 4.42 Å². The van der Waals surface area contributed by atoms with Gasteiger partial charge in [-0.05, 0) is 39.2 Å². The van der Waals surface area contributed by atoms with Crippen LogP contribution in [0, 0.1) is 0 Å². The van der Waals surface area contributed by atoms with Crippen molar-refractivity contribution in [1.29, 1.82) is 0 Å². The van der Waals surface area contributed by atoms with Crippen LogP contribution in [0.25, 0.3) is 0 Å². The molecule has 1 atom stereocenters. The van der Waals surface area contributed by atoms with E-state index in [0.29, 0.717) is 11.9 Å². The summed E-state index contributed by atoms with van der Waals surface area (Å²) in [5.41, 5.74) is 0. The fourth-order valence-corrected chi connectivity index (χ4v) is 2.06. The Kier molecular flexibility index (Phi) is 4.36. The van der Waals surface area contributed by atoms with E-state index in [9.17, 15) is 0 Å². The van der Waals surface area contributed by atoms with Crippen molar-refractivity contribution >= 4 is 6.01 Å². The molecule has 5 nitrogen and oxygen atoms in total. The van der Waals surface area contributed by atoms with Crippen molar-refractivity contribution in [3.8, 4) is 0 Å². The first-order valence-corrected chi connectivity index (χ1v) is 6.63. The number of anilines is 1. The van der Waals surface area contributed by atoms with Gasteiger partial charge in [0.2, 0.25) is 5.89 Å². The van der Waals surface area contributed by atoms with E-state index in [1.165, 1.54) is 19.3 Å². The molecule has 1 aliphatic heterocycles. The maximum absolute atomic E-state index is 5.72. The number of nitrogens with one attached hydrogen (secondary N) is 1. The first-order chi connectivity index (χ1) is 8.31. The SMILES string of the molecule is CCCNC(C)c1nnc(N2CCCCC2)o1. The maximum Gasteiger partial charge on any atom is 0.318 e. The van der Waals surface area contributed by atoms with Gasteiger partial charge in [0.1, 0.15) is 0 Å². The lowest BCUT2D eigenvalue weighted by Gasteiger charge is -2.24. The molecule has 5 heteroatoms. The first-order valence-electron chi connectivity index (χ1n) is 6.63. The summed E-state index contributed by atoms with van der Waals surface area (Å²) in [4.78, 5) is 2.19. The van der Waals surface area contributed by atoms with E-state index >= 15 is 0 Å². The molecular formula is C12H22N4O. The van der Waals surface area contributed by atoms with Crippen molar-refractivity contribution in [1.82, 2.24) is 15.5 Å². The Balaban J connectivity index is 1.94. The van der Waals surface area contributed by atoms with Gasteiger partial charge in [-0.2, -0.15) is 0 Å². The van der Waals surface area contributed by atoms with Crippen LogP contribution in [0.2, 0.25) is 0 Å². The zero-order valence-corrected chi connectivity index (χ0v) is 10.8. The highest BCUT2D eigenvalue weighted by atomic mass is 16.4. The van der Waals surface area contributed by atoms with Gasteiger partial charge in [0.05, 0.1) is 6.04 Å². The van der Waals surface area contributed by atoms with Gasteiger partial charge >= 0.3 is 6.01 Å². The van der Waals surface area contributed by atoms with Crippen LogP contribution in [-0.2, 0) is 0 Å². The van der Waals surface area contributed by atoms with Gasteiger partial charge in [0.25, 0.3) is 0 Å². The van der Waals surface area contributed by atoms with E-state index < -0.39 is 0 Å². The third-order valence-corrected chi connectivity index (χ3v) is 3.13. The highest BCUT2D eigenvalue weighted by Gasteiger charge is 2.19. The van der Waals surface area contributed by atoms with Gasteiger partial charge in [-0.15, -0.1) is 5.10 Å². The van der Waals surface area contributed by atoms with Gasteiger partial charge in [-0.25, -0.2) is 0 Å². The molecule has 2 rings (SSSR count). The normalized spacial score (nSPS) is 18.4. The molecule has 17 heavy (non-hydrogen) atoms. The van der Waals surface area contributed by atoms with Gasteiger partial charge in [-0.1, -0.05) is 12.0 Å². The smallest absolute Gasteiger partial charge is 0.318 e. The highest BCUT2D eigenvalue weighted by Crippen LogP contribution is 2.20. The average Bonchev–Trinajstić information content (AvgIpc) is 2.86. The Labute approximate surface area is 103 Å². The molecule has 1 fully saturated rings. The molecule has 1 N–H and O–H groups in total. The summed E-state index contributed by atoms with van der Waals surface area (Å²) in [6, 6.07) is 0.825. The van der Waals surface area contributed by atoms with Crippen LogP contribution in [0.5, 0.6) is 0 Å². The van der Waals surface area contributed by atoms with Crippen LogP contribution in [0.1, 0.15) is 51.5 Å². The predicted molar refractivity (Wildman–Crippen MR) is 67.1 cm³/mol. The Hall–Kier alpha value is -1.10. The Morgan fingerprint density at radius 1 is 1.29 bits per heavy atom. The molecule has 2 heterocycles. The standard InChI is InChI=1S/C12H22N4O/c1-3-7-13-10(2)11-14-15-12(17-11)16-8-5-4-6-9-16/h10,13H,3-9H2,1-2H3. The molecule has 0 spiro atoms. The number of hydrogen-bond acceptors (Lipinski definition) is 5. The second-order valence-electron chi connectivity index (χ2n) is 4.65. The minimum absolute atomic E-state index is 0.140. The third kappa shape index (κ3) is 3.19. The molecule has 0 aromatic carbocycles. The summed E-state index contributed by atoms with van der Waals surface area (Å²) in [6.45, 7) is 7.26. The van der Waals surface area contributed by atoms with Crippen molar-refractivity contribution in [2.75, 3.05) is 24.5 Å². The Morgan fingerprint density at radius 3 is 2.76 bits per heavy atom. The zero-order chi connectivity index (χ0) is 12.1. The van der Waals surface area contributed by atoms with E-state index in [4.69, 9.17) is 4.42 Å². The molecule has 1 saturated heterocycles. The van der Waals surface area contributed by atoms with Crippen molar-refractivity contribution in [2.24, 2.45) is 0 Å². The van der Waals surface area contributed by atoms with Crippen molar-refractivity contribution in [3.05, 3.63) is 5.89 Å². The summed E-state index contributed by atoms with van der Waals surface area (Å²) < 4.78 is 5.72. The fourth-order valence-electron chi connectivity index (χ4n) is 2.06. The van der Waals surface area contributed by atoms with Crippen molar-refractivity contribution in [2.45, 2.75) is 45.6 Å². The summed E-state index contributed by atoms with van der Waals surface area (Å²) in [7, 11) is 0. The second kappa shape index (κ2) is 6.00. The van der Waals surface area contributed by atoms with E-state index in [1.54, 1.807) is 0 Å². The largest absolute Gasteiger partial charge is 0.406 e. The number of hydrogen-bond donors (Lipinski definition) is 1. The monoisotopic (exact) mass is 238 g/mol. The highest BCUT2D eigenvalue weighted by molar-refractivity contribution is 5.24. The van der Waals surface area contributed by atoms with Crippen LogP contribution in [0.4, 0.5) is 6.01 Å². The summed E-state index contributed by atoms with van der Waals surface area (Å²) in [5, 5.41) is 11.6.